The Bertz CT molecular complexity index is 1010. The third-order valence-electron chi connectivity index (χ3n) is 7.20. The fraction of sp³-hybridized carbons (Fsp3) is 0.533. The van der Waals surface area contributed by atoms with Crippen LogP contribution in [0.25, 0.3) is 11.1 Å². The molecular formula is C30H42N2O5. The van der Waals surface area contributed by atoms with Gasteiger partial charge in [0.05, 0.1) is 27.9 Å². The number of nitrogens with zero attached hydrogens (tertiary/aromatic N) is 2. The van der Waals surface area contributed by atoms with E-state index in [2.05, 4.69) is 6.92 Å². The van der Waals surface area contributed by atoms with Crippen molar-refractivity contribution in [2.24, 2.45) is 0 Å². The molecule has 0 aromatic heterocycles. The number of likely N-dealkylation sites (N-methyl/N-ethyl adjacent to an activating group) is 1. The third kappa shape index (κ3) is 7.18. The number of carbonyl (C=O) groups excluding carboxylic acids is 2. The third-order valence-corrected chi connectivity index (χ3v) is 7.20. The summed E-state index contributed by atoms with van der Waals surface area (Å²) in [6.45, 7) is 3.06. The van der Waals surface area contributed by atoms with Gasteiger partial charge < -0.3 is 24.0 Å². The van der Waals surface area contributed by atoms with Gasteiger partial charge in [0.15, 0.2) is 11.5 Å². The standard InChI is InChI=1S/C30H42N2O5/c1-6-7-8-9-10-11-12-17-32-21-28(33)31(2)25(30(32)34)18-22-13-15-23(16-14-22)24-19-26(35-3)29(37-5)27(20-24)36-4/h13-16,19-20,25H,6-12,17-18,21H2,1-5H3. The molecule has 0 N–H and O–H groups in total. The van der Waals surface area contributed by atoms with Gasteiger partial charge in [-0.25, -0.2) is 0 Å². The summed E-state index contributed by atoms with van der Waals surface area (Å²) < 4.78 is 16.4. The van der Waals surface area contributed by atoms with Gasteiger partial charge in [-0.15, -0.1) is 0 Å². The van der Waals surface area contributed by atoms with Crippen LogP contribution in [0.3, 0.4) is 0 Å². The lowest BCUT2D eigenvalue weighted by Gasteiger charge is -2.38. The molecule has 2 aromatic rings. The summed E-state index contributed by atoms with van der Waals surface area (Å²) >= 11 is 0. The summed E-state index contributed by atoms with van der Waals surface area (Å²) in [5.41, 5.74) is 2.93. The van der Waals surface area contributed by atoms with Crippen LogP contribution in [0, 0.1) is 0 Å². The van der Waals surface area contributed by atoms with Gasteiger partial charge in [-0.3, -0.25) is 9.59 Å². The number of ether oxygens (including phenoxy) is 3. The van der Waals surface area contributed by atoms with E-state index in [1.165, 1.54) is 32.1 Å². The molecule has 0 spiro atoms. The molecule has 0 radical (unpaired) electrons. The minimum absolute atomic E-state index is 0.00147. The molecule has 7 nitrogen and oxygen atoms in total. The Labute approximate surface area is 221 Å². The lowest BCUT2D eigenvalue weighted by atomic mass is 9.98. The van der Waals surface area contributed by atoms with Crippen LogP contribution in [0.2, 0.25) is 0 Å². The van der Waals surface area contributed by atoms with E-state index in [0.717, 1.165) is 29.5 Å². The van der Waals surface area contributed by atoms with E-state index in [4.69, 9.17) is 14.2 Å². The van der Waals surface area contributed by atoms with Crippen LogP contribution in [0.1, 0.15) is 57.4 Å². The molecule has 2 aromatic carbocycles. The molecule has 1 atom stereocenters. The SMILES string of the molecule is CCCCCCCCCN1CC(=O)N(C)C(Cc2ccc(-c3cc(OC)c(OC)c(OC)c3)cc2)C1=O. The van der Waals surface area contributed by atoms with E-state index < -0.39 is 6.04 Å². The Morgan fingerprint density at radius 1 is 0.811 bits per heavy atom. The van der Waals surface area contributed by atoms with E-state index in [-0.39, 0.29) is 18.4 Å². The molecule has 3 rings (SSSR count). The minimum atomic E-state index is -0.474. The van der Waals surface area contributed by atoms with E-state index in [0.29, 0.717) is 30.2 Å². The number of amides is 2. The Hall–Kier alpha value is -3.22. The highest BCUT2D eigenvalue weighted by molar-refractivity contribution is 5.95. The first-order chi connectivity index (χ1) is 17.9. The Morgan fingerprint density at radius 2 is 1.41 bits per heavy atom. The van der Waals surface area contributed by atoms with Crippen molar-refractivity contribution >= 4 is 11.8 Å². The molecule has 202 valence electrons. The molecule has 1 aliphatic rings. The maximum absolute atomic E-state index is 13.3. The zero-order valence-electron chi connectivity index (χ0n) is 23.0. The van der Waals surface area contributed by atoms with Crippen molar-refractivity contribution in [1.29, 1.82) is 0 Å². The van der Waals surface area contributed by atoms with Gasteiger partial charge in [0.1, 0.15) is 6.04 Å². The number of carbonyl (C=O) groups is 2. The number of hydrogen-bond donors (Lipinski definition) is 0. The molecule has 0 bridgehead atoms. The van der Waals surface area contributed by atoms with Gasteiger partial charge in [0.25, 0.3) is 0 Å². The highest BCUT2D eigenvalue weighted by Gasteiger charge is 2.36. The average Bonchev–Trinajstić information content (AvgIpc) is 2.92. The van der Waals surface area contributed by atoms with Gasteiger partial charge in [0, 0.05) is 20.0 Å². The van der Waals surface area contributed by atoms with Crippen molar-refractivity contribution in [3.05, 3.63) is 42.0 Å². The van der Waals surface area contributed by atoms with Crippen LogP contribution in [0.15, 0.2) is 36.4 Å². The summed E-state index contributed by atoms with van der Waals surface area (Å²) in [7, 11) is 6.51. The minimum Gasteiger partial charge on any atom is -0.493 e. The van der Waals surface area contributed by atoms with E-state index >= 15 is 0 Å². The molecular weight excluding hydrogens is 468 g/mol. The van der Waals surface area contributed by atoms with Crippen molar-refractivity contribution in [3.63, 3.8) is 0 Å². The number of unbranched alkanes of at least 4 members (excludes halogenated alkanes) is 6. The maximum Gasteiger partial charge on any atom is 0.246 e. The van der Waals surface area contributed by atoms with Crippen LogP contribution in [-0.2, 0) is 16.0 Å². The van der Waals surface area contributed by atoms with Gasteiger partial charge in [-0.2, -0.15) is 0 Å². The van der Waals surface area contributed by atoms with Gasteiger partial charge in [0.2, 0.25) is 17.6 Å². The molecule has 1 heterocycles. The quantitative estimate of drug-likeness (QED) is 0.321. The largest absolute Gasteiger partial charge is 0.493 e. The second-order valence-electron chi connectivity index (χ2n) is 9.72. The average molecular weight is 511 g/mol. The highest BCUT2D eigenvalue weighted by Crippen LogP contribution is 2.41. The zero-order valence-corrected chi connectivity index (χ0v) is 23.0. The van der Waals surface area contributed by atoms with Gasteiger partial charge >= 0.3 is 0 Å². The summed E-state index contributed by atoms with van der Waals surface area (Å²) in [6.07, 6.45) is 8.79. The second-order valence-corrected chi connectivity index (χ2v) is 9.72. The number of benzene rings is 2. The van der Waals surface area contributed by atoms with Crippen molar-refractivity contribution in [2.45, 2.75) is 64.3 Å². The molecule has 0 saturated carbocycles. The summed E-state index contributed by atoms with van der Waals surface area (Å²) in [5.74, 6) is 1.78. The first-order valence-corrected chi connectivity index (χ1v) is 13.4. The van der Waals surface area contributed by atoms with Crippen molar-refractivity contribution in [1.82, 2.24) is 9.80 Å². The Morgan fingerprint density at radius 3 is 1.97 bits per heavy atom. The number of hydrogen-bond acceptors (Lipinski definition) is 5. The molecule has 1 unspecified atom stereocenters. The van der Waals surface area contributed by atoms with Crippen LogP contribution < -0.4 is 14.2 Å². The molecule has 1 saturated heterocycles. The molecule has 1 fully saturated rings. The van der Waals surface area contributed by atoms with E-state index in [9.17, 15) is 9.59 Å². The second kappa shape index (κ2) is 13.9. The van der Waals surface area contributed by atoms with Crippen LogP contribution in [-0.4, -0.2) is 69.1 Å². The number of methoxy groups -OCH3 is 3. The van der Waals surface area contributed by atoms with Gasteiger partial charge in [-0.05, 0) is 35.2 Å². The monoisotopic (exact) mass is 510 g/mol. The lowest BCUT2D eigenvalue weighted by molar-refractivity contribution is -0.154. The van der Waals surface area contributed by atoms with Crippen molar-refractivity contribution < 1.29 is 23.8 Å². The summed E-state index contributed by atoms with van der Waals surface area (Å²) in [4.78, 5) is 29.3. The zero-order chi connectivity index (χ0) is 26.8. The molecule has 0 aliphatic carbocycles. The lowest BCUT2D eigenvalue weighted by Crippen LogP contribution is -2.59. The molecule has 2 amide bonds. The Kier molecular flexibility index (Phi) is 10.7. The van der Waals surface area contributed by atoms with Crippen molar-refractivity contribution in [2.75, 3.05) is 41.5 Å². The fourth-order valence-corrected chi connectivity index (χ4v) is 4.88. The molecule has 1 aliphatic heterocycles. The van der Waals surface area contributed by atoms with E-state index in [1.807, 2.05) is 36.4 Å². The first kappa shape index (κ1) is 28.4. The normalized spacial score (nSPS) is 15.8. The number of piperazine rings is 1. The predicted molar refractivity (Wildman–Crippen MR) is 146 cm³/mol. The molecule has 37 heavy (non-hydrogen) atoms. The fourth-order valence-electron chi connectivity index (χ4n) is 4.88. The van der Waals surface area contributed by atoms with Crippen LogP contribution >= 0.6 is 0 Å². The smallest absolute Gasteiger partial charge is 0.246 e. The van der Waals surface area contributed by atoms with Crippen LogP contribution in [0.4, 0.5) is 0 Å². The van der Waals surface area contributed by atoms with Gasteiger partial charge in [-0.1, -0.05) is 69.7 Å². The predicted octanol–water partition coefficient (Wildman–Crippen LogP) is 5.34. The highest BCUT2D eigenvalue weighted by atomic mass is 16.5. The number of rotatable bonds is 14. The van der Waals surface area contributed by atoms with Crippen LogP contribution in [0.5, 0.6) is 17.2 Å². The summed E-state index contributed by atoms with van der Waals surface area (Å²) in [5, 5.41) is 0. The maximum atomic E-state index is 13.3. The molecule has 7 heteroatoms. The van der Waals surface area contributed by atoms with E-state index in [1.54, 1.807) is 38.2 Å². The summed E-state index contributed by atoms with van der Waals surface area (Å²) in [6, 6.07) is 11.4. The Balaban J connectivity index is 1.65. The first-order valence-electron chi connectivity index (χ1n) is 13.4. The van der Waals surface area contributed by atoms with Crippen molar-refractivity contribution in [3.8, 4) is 28.4 Å². The topological polar surface area (TPSA) is 68.3 Å².